The first-order valence-corrected chi connectivity index (χ1v) is 5.74. The Morgan fingerprint density at radius 1 is 1.56 bits per heavy atom. The average molecular weight is 247 g/mol. The summed E-state index contributed by atoms with van der Waals surface area (Å²) in [5, 5.41) is 8.58. The third kappa shape index (κ3) is 3.39. The highest BCUT2D eigenvalue weighted by molar-refractivity contribution is 5.97. The first kappa shape index (κ1) is 13.8. The molecule has 0 aliphatic rings. The number of benzene rings is 1. The minimum absolute atomic E-state index is 0.314. The molecule has 0 fully saturated rings. The molecule has 0 unspecified atom stereocenters. The minimum Gasteiger partial charge on any atom is -0.462 e. The molecule has 0 saturated carbocycles. The van der Waals surface area contributed by atoms with E-state index in [2.05, 4.69) is 6.07 Å². The van der Waals surface area contributed by atoms with E-state index in [0.29, 0.717) is 30.8 Å². The van der Waals surface area contributed by atoms with Crippen molar-refractivity contribution in [3.05, 3.63) is 23.8 Å². The highest BCUT2D eigenvalue weighted by Crippen LogP contribution is 2.23. The molecule has 1 aromatic carbocycles. The van der Waals surface area contributed by atoms with Gasteiger partial charge in [-0.05, 0) is 25.1 Å². The lowest BCUT2D eigenvalue weighted by atomic mass is 10.1. The van der Waals surface area contributed by atoms with Gasteiger partial charge in [0.25, 0.3) is 0 Å². The number of esters is 1. The molecule has 0 atom stereocenters. The van der Waals surface area contributed by atoms with Crippen LogP contribution >= 0.6 is 0 Å². The lowest BCUT2D eigenvalue weighted by molar-refractivity contribution is 0.0527. The van der Waals surface area contributed by atoms with E-state index >= 15 is 0 Å². The van der Waals surface area contributed by atoms with Gasteiger partial charge >= 0.3 is 5.97 Å². The highest BCUT2D eigenvalue weighted by Gasteiger charge is 2.15. The molecule has 0 amide bonds. The Morgan fingerprint density at radius 3 is 2.89 bits per heavy atom. The summed E-state index contributed by atoms with van der Waals surface area (Å²) in [4.78, 5) is 13.7. The van der Waals surface area contributed by atoms with Crippen LogP contribution in [0.25, 0.3) is 0 Å². The van der Waals surface area contributed by atoms with Crippen LogP contribution in [-0.4, -0.2) is 26.2 Å². The molecule has 96 valence electrons. The van der Waals surface area contributed by atoms with Crippen LogP contribution in [0.4, 0.5) is 11.4 Å². The van der Waals surface area contributed by atoms with E-state index in [1.54, 1.807) is 25.1 Å². The van der Waals surface area contributed by atoms with Gasteiger partial charge in [0.1, 0.15) is 0 Å². The Hall–Kier alpha value is -2.22. The normalized spacial score (nSPS) is 9.61. The molecule has 1 aromatic rings. The maximum Gasteiger partial charge on any atom is 0.340 e. The molecule has 5 heteroatoms. The van der Waals surface area contributed by atoms with Crippen LogP contribution in [0, 0.1) is 11.3 Å². The van der Waals surface area contributed by atoms with Crippen molar-refractivity contribution in [2.75, 3.05) is 30.8 Å². The van der Waals surface area contributed by atoms with E-state index in [4.69, 9.17) is 15.7 Å². The summed E-state index contributed by atoms with van der Waals surface area (Å²) in [6.45, 7) is 2.62. The van der Waals surface area contributed by atoms with Gasteiger partial charge in [0, 0.05) is 19.3 Å². The van der Waals surface area contributed by atoms with E-state index in [1.807, 2.05) is 11.9 Å². The van der Waals surface area contributed by atoms with Gasteiger partial charge < -0.3 is 15.4 Å². The number of ether oxygens (including phenoxy) is 1. The molecular formula is C13H17N3O2. The summed E-state index contributed by atoms with van der Waals surface area (Å²) in [6.07, 6.45) is 0.392. The number of carbonyl (C=O) groups excluding carboxylic acids is 1. The number of nitrogens with zero attached hydrogens (tertiary/aromatic N) is 2. The molecule has 0 aromatic heterocycles. The predicted octanol–water partition coefficient (Wildman–Crippen LogP) is 1.80. The van der Waals surface area contributed by atoms with Crippen LogP contribution < -0.4 is 10.6 Å². The van der Waals surface area contributed by atoms with Gasteiger partial charge in [-0.2, -0.15) is 5.26 Å². The maximum absolute atomic E-state index is 11.8. The molecule has 0 bridgehead atoms. The van der Waals surface area contributed by atoms with Crippen molar-refractivity contribution in [2.45, 2.75) is 13.3 Å². The lowest BCUT2D eigenvalue weighted by Gasteiger charge is -2.20. The molecule has 0 heterocycles. The number of nitriles is 1. The second-order valence-electron chi connectivity index (χ2n) is 3.83. The average Bonchev–Trinajstić information content (AvgIpc) is 2.36. The minimum atomic E-state index is -0.399. The molecule has 0 saturated heterocycles. The molecule has 0 aliphatic heterocycles. The summed E-state index contributed by atoms with van der Waals surface area (Å²) < 4.78 is 4.99. The van der Waals surface area contributed by atoms with Crippen molar-refractivity contribution in [3.8, 4) is 6.07 Å². The van der Waals surface area contributed by atoms with E-state index in [-0.39, 0.29) is 0 Å². The van der Waals surface area contributed by atoms with Gasteiger partial charge in [0.2, 0.25) is 0 Å². The molecule has 0 aliphatic carbocycles. The van der Waals surface area contributed by atoms with Gasteiger partial charge in [-0.25, -0.2) is 4.79 Å². The van der Waals surface area contributed by atoms with Crippen LogP contribution in [0.15, 0.2) is 18.2 Å². The Kier molecular flexibility index (Phi) is 5.00. The lowest BCUT2D eigenvalue weighted by Crippen LogP contribution is -2.21. The van der Waals surface area contributed by atoms with Gasteiger partial charge in [-0.1, -0.05) is 0 Å². The van der Waals surface area contributed by atoms with Crippen LogP contribution in [0.5, 0.6) is 0 Å². The van der Waals surface area contributed by atoms with E-state index in [0.717, 1.165) is 5.69 Å². The topological polar surface area (TPSA) is 79.3 Å². The van der Waals surface area contributed by atoms with E-state index in [9.17, 15) is 4.79 Å². The Balaban J connectivity index is 3.03. The summed E-state index contributed by atoms with van der Waals surface area (Å²) in [6, 6.07) is 7.15. The number of hydrogen-bond donors (Lipinski definition) is 1. The third-order valence-electron chi connectivity index (χ3n) is 2.49. The molecular weight excluding hydrogens is 230 g/mol. The molecule has 2 N–H and O–H groups in total. The Morgan fingerprint density at radius 2 is 2.28 bits per heavy atom. The number of hydrogen-bond acceptors (Lipinski definition) is 5. The second kappa shape index (κ2) is 6.50. The zero-order valence-corrected chi connectivity index (χ0v) is 10.6. The maximum atomic E-state index is 11.8. The van der Waals surface area contributed by atoms with Crippen LogP contribution in [-0.2, 0) is 4.74 Å². The zero-order chi connectivity index (χ0) is 13.5. The fourth-order valence-electron chi connectivity index (χ4n) is 1.60. The first-order chi connectivity index (χ1) is 8.60. The largest absolute Gasteiger partial charge is 0.462 e. The second-order valence-corrected chi connectivity index (χ2v) is 3.83. The van der Waals surface area contributed by atoms with E-state index < -0.39 is 5.97 Å². The van der Waals surface area contributed by atoms with E-state index in [1.165, 1.54) is 0 Å². The first-order valence-electron chi connectivity index (χ1n) is 5.74. The Labute approximate surface area is 107 Å². The van der Waals surface area contributed by atoms with Crippen LogP contribution in [0.3, 0.4) is 0 Å². The third-order valence-corrected chi connectivity index (χ3v) is 2.49. The summed E-state index contributed by atoms with van der Waals surface area (Å²) in [5.41, 5.74) is 7.34. The van der Waals surface area contributed by atoms with Gasteiger partial charge in [-0.3, -0.25) is 0 Å². The van der Waals surface area contributed by atoms with Crippen LogP contribution in [0.2, 0.25) is 0 Å². The number of carbonyl (C=O) groups is 1. The van der Waals surface area contributed by atoms with Crippen molar-refractivity contribution >= 4 is 17.3 Å². The number of rotatable bonds is 5. The van der Waals surface area contributed by atoms with Crippen molar-refractivity contribution < 1.29 is 9.53 Å². The SMILES string of the molecule is CCOC(=O)c1cc(N)ccc1N(C)CCC#N. The van der Waals surface area contributed by atoms with Crippen molar-refractivity contribution in [1.29, 1.82) is 5.26 Å². The number of anilines is 2. The van der Waals surface area contributed by atoms with Crippen molar-refractivity contribution in [2.24, 2.45) is 0 Å². The Bertz CT molecular complexity index is 466. The summed E-state index contributed by atoms with van der Waals surface area (Å²) in [7, 11) is 1.82. The van der Waals surface area contributed by atoms with Crippen molar-refractivity contribution in [1.82, 2.24) is 0 Å². The fraction of sp³-hybridized carbons (Fsp3) is 0.385. The molecule has 18 heavy (non-hydrogen) atoms. The standard InChI is InChI=1S/C13H17N3O2/c1-3-18-13(17)11-9-10(15)5-6-12(11)16(2)8-4-7-14/h5-6,9H,3-4,8,15H2,1-2H3. The molecule has 5 nitrogen and oxygen atoms in total. The van der Waals surface area contributed by atoms with Gasteiger partial charge in [0.05, 0.1) is 30.3 Å². The number of nitrogen functional groups attached to an aromatic ring is 1. The molecule has 0 spiro atoms. The monoisotopic (exact) mass is 247 g/mol. The quantitative estimate of drug-likeness (QED) is 0.634. The summed E-state index contributed by atoms with van der Waals surface area (Å²) in [5.74, 6) is -0.399. The van der Waals surface area contributed by atoms with Crippen molar-refractivity contribution in [3.63, 3.8) is 0 Å². The van der Waals surface area contributed by atoms with Gasteiger partial charge in [0.15, 0.2) is 0 Å². The molecule has 1 rings (SSSR count). The summed E-state index contributed by atoms with van der Waals surface area (Å²) >= 11 is 0. The fourth-order valence-corrected chi connectivity index (χ4v) is 1.60. The highest BCUT2D eigenvalue weighted by atomic mass is 16.5. The zero-order valence-electron chi connectivity index (χ0n) is 10.6. The molecule has 0 radical (unpaired) electrons. The smallest absolute Gasteiger partial charge is 0.340 e. The number of nitrogens with two attached hydrogens (primary N) is 1. The van der Waals surface area contributed by atoms with Gasteiger partial charge in [-0.15, -0.1) is 0 Å². The van der Waals surface area contributed by atoms with Crippen LogP contribution in [0.1, 0.15) is 23.7 Å². The predicted molar refractivity (Wildman–Crippen MR) is 70.3 cm³/mol.